The van der Waals surface area contributed by atoms with Crippen LogP contribution in [0.15, 0.2) is 73.1 Å². The molecule has 6 heteroatoms. The molecule has 3 N–H and O–H groups in total. The standard InChI is InChI=1S/C22H21N5S/c1-15-10-11-24-21(12-15)27-20-9-5-8-18(26-20)19-14-25-22(28-19)17(23)13-16-6-3-2-4-7-16/h2-12,14,17H,13,23H2,1H3,(H,24,26,27)/t17-/m0/s1. The van der Waals surface area contributed by atoms with Crippen molar-refractivity contribution < 1.29 is 0 Å². The van der Waals surface area contributed by atoms with Gasteiger partial charge in [0.1, 0.15) is 16.6 Å². The van der Waals surface area contributed by atoms with E-state index in [4.69, 9.17) is 10.7 Å². The number of hydrogen-bond donors (Lipinski definition) is 2. The molecule has 0 unspecified atom stereocenters. The van der Waals surface area contributed by atoms with Crippen molar-refractivity contribution in [1.29, 1.82) is 0 Å². The van der Waals surface area contributed by atoms with Crippen molar-refractivity contribution in [3.63, 3.8) is 0 Å². The molecular weight excluding hydrogens is 366 g/mol. The number of hydrogen-bond acceptors (Lipinski definition) is 6. The van der Waals surface area contributed by atoms with Crippen LogP contribution >= 0.6 is 11.3 Å². The molecule has 28 heavy (non-hydrogen) atoms. The van der Waals surface area contributed by atoms with Crippen molar-refractivity contribution in [3.05, 3.63) is 89.2 Å². The third kappa shape index (κ3) is 4.42. The molecule has 0 amide bonds. The molecule has 4 rings (SSSR count). The van der Waals surface area contributed by atoms with E-state index in [-0.39, 0.29) is 6.04 Å². The van der Waals surface area contributed by atoms with Gasteiger partial charge in [-0.15, -0.1) is 11.3 Å². The predicted molar refractivity (Wildman–Crippen MR) is 115 cm³/mol. The van der Waals surface area contributed by atoms with E-state index < -0.39 is 0 Å². The first-order valence-electron chi connectivity index (χ1n) is 9.10. The highest BCUT2D eigenvalue weighted by Gasteiger charge is 2.13. The molecule has 0 bridgehead atoms. The van der Waals surface area contributed by atoms with Crippen LogP contribution in [-0.4, -0.2) is 15.0 Å². The maximum atomic E-state index is 6.37. The molecule has 0 radical (unpaired) electrons. The first-order chi connectivity index (χ1) is 13.7. The van der Waals surface area contributed by atoms with E-state index in [1.807, 2.05) is 61.7 Å². The van der Waals surface area contributed by atoms with Gasteiger partial charge in [-0.1, -0.05) is 36.4 Å². The van der Waals surface area contributed by atoms with E-state index in [0.29, 0.717) is 0 Å². The molecule has 5 nitrogen and oxygen atoms in total. The Morgan fingerprint density at radius 1 is 1.00 bits per heavy atom. The number of rotatable bonds is 6. The topological polar surface area (TPSA) is 76.7 Å². The highest BCUT2D eigenvalue weighted by Crippen LogP contribution is 2.29. The largest absolute Gasteiger partial charge is 0.325 e. The van der Waals surface area contributed by atoms with Crippen molar-refractivity contribution >= 4 is 23.0 Å². The maximum absolute atomic E-state index is 6.37. The lowest BCUT2D eigenvalue weighted by Crippen LogP contribution is -2.12. The summed E-state index contributed by atoms with van der Waals surface area (Å²) in [6.07, 6.45) is 4.40. The average Bonchev–Trinajstić information content (AvgIpc) is 3.20. The van der Waals surface area contributed by atoms with Gasteiger partial charge in [0, 0.05) is 12.4 Å². The fourth-order valence-electron chi connectivity index (χ4n) is 2.91. The Labute approximate surface area is 168 Å². The Bertz CT molecular complexity index is 1060. The number of aryl methyl sites for hydroxylation is 1. The molecular formula is C22H21N5S. The Kier molecular flexibility index (Phi) is 5.41. The smallest absolute Gasteiger partial charge is 0.132 e. The Morgan fingerprint density at radius 3 is 2.68 bits per heavy atom. The Hall–Kier alpha value is -3.09. The van der Waals surface area contributed by atoms with Gasteiger partial charge in [0.25, 0.3) is 0 Å². The van der Waals surface area contributed by atoms with Crippen LogP contribution in [0.2, 0.25) is 0 Å². The molecule has 3 heterocycles. The number of nitrogens with one attached hydrogen (secondary N) is 1. The molecule has 0 spiro atoms. The summed E-state index contributed by atoms with van der Waals surface area (Å²) >= 11 is 1.59. The average molecular weight is 388 g/mol. The van der Waals surface area contributed by atoms with Gasteiger partial charge in [-0.3, -0.25) is 0 Å². The van der Waals surface area contributed by atoms with E-state index in [9.17, 15) is 0 Å². The van der Waals surface area contributed by atoms with Crippen LogP contribution in [0.25, 0.3) is 10.6 Å². The van der Waals surface area contributed by atoms with Crippen molar-refractivity contribution in [1.82, 2.24) is 15.0 Å². The third-order valence-electron chi connectivity index (χ3n) is 4.31. The summed E-state index contributed by atoms with van der Waals surface area (Å²) in [5.74, 6) is 1.53. The molecule has 0 aliphatic carbocycles. The van der Waals surface area contributed by atoms with Crippen molar-refractivity contribution in [2.75, 3.05) is 5.32 Å². The van der Waals surface area contributed by atoms with E-state index in [0.717, 1.165) is 39.2 Å². The Morgan fingerprint density at radius 2 is 1.86 bits per heavy atom. The van der Waals surface area contributed by atoms with Crippen molar-refractivity contribution in [2.24, 2.45) is 5.73 Å². The zero-order valence-corrected chi connectivity index (χ0v) is 16.4. The minimum Gasteiger partial charge on any atom is -0.325 e. The van der Waals surface area contributed by atoms with Gasteiger partial charge in [0.05, 0.1) is 16.6 Å². The molecule has 1 aromatic carbocycles. The van der Waals surface area contributed by atoms with Gasteiger partial charge < -0.3 is 11.1 Å². The highest BCUT2D eigenvalue weighted by molar-refractivity contribution is 7.15. The third-order valence-corrected chi connectivity index (χ3v) is 5.46. The lowest BCUT2D eigenvalue weighted by molar-refractivity contribution is 0.715. The molecule has 0 fully saturated rings. The number of nitrogens with two attached hydrogens (primary N) is 1. The summed E-state index contributed by atoms with van der Waals surface area (Å²) in [4.78, 5) is 14.6. The summed E-state index contributed by atoms with van der Waals surface area (Å²) in [5.41, 5.74) is 9.60. The molecule has 1 atom stereocenters. The molecule has 3 aromatic heterocycles. The van der Waals surface area contributed by atoms with Crippen molar-refractivity contribution in [2.45, 2.75) is 19.4 Å². The highest BCUT2D eigenvalue weighted by atomic mass is 32.1. The molecule has 0 aliphatic rings. The van der Waals surface area contributed by atoms with Crippen LogP contribution in [0.5, 0.6) is 0 Å². The quantitative estimate of drug-likeness (QED) is 0.492. The molecule has 140 valence electrons. The minimum atomic E-state index is -0.126. The van der Waals surface area contributed by atoms with Gasteiger partial charge in [0.15, 0.2) is 0 Å². The normalized spacial score (nSPS) is 11.9. The summed E-state index contributed by atoms with van der Waals surface area (Å²) in [6, 6.07) is 20.0. The number of aromatic nitrogens is 3. The SMILES string of the molecule is Cc1ccnc(Nc2cccc(-c3cnc([C@@H](N)Cc4ccccc4)s3)n2)c1. The summed E-state index contributed by atoms with van der Waals surface area (Å²) in [6.45, 7) is 2.04. The monoisotopic (exact) mass is 387 g/mol. The fraction of sp³-hybridized carbons (Fsp3) is 0.136. The van der Waals surface area contributed by atoms with E-state index >= 15 is 0 Å². The van der Waals surface area contributed by atoms with Gasteiger partial charge in [-0.25, -0.2) is 15.0 Å². The second kappa shape index (κ2) is 8.29. The fourth-order valence-corrected chi connectivity index (χ4v) is 3.80. The van der Waals surface area contributed by atoms with E-state index in [1.165, 1.54) is 5.56 Å². The number of anilines is 2. The van der Waals surface area contributed by atoms with E-state index in [2.05, 4.69) is 27.4 Å². The first kappa shape index (κ1) is 18.3. The summed E-state index contributed by atoms with van der Waals surface area (Å²) in [5, 5.41) is 4.17. The van der Waals surface area contributed by atoms with Gasteiger partial charge in [-0.2, -0.15) is 0 Å². The molecule has 0 saturated carbocycles. The predicted octanol–water partition coefficient (Wildman–Crippen LogP) is 4.89. The number of pyridine rings is 2. The zero-order valence-electron chi connectivity index (χ0n) is 15.5. The number of thiazole rings is 1. The lowest BCUT2D eigenvalue weighted by Gasteiger charge is -2.08. The van der Waals surface area contributed by atoms with Crippen LogP contribution in [0, 0.1) is 6.92 Å². The van der Waals surface area contributed by atoms with Crippen LogP contribution in [0.4, 0.5) is 11.6 Å². The van der Waals surface area contributed by atoms with Gasteiger partial charge in [0.2, 0.25) is 0 Å². The molecule has 0 aliphatic heterocycles. The van der Waals surface area contributed by atoms with Crippen LogP contribution < -0.4 is 11.1 Å². The summed E-state index contributed by atoms with van der Waals surface area (Å²) < 4.78 is 0. The van der Waals surface area contributed by atoms with Crippen molar-refractivity contribution in [3.8, 4) is 10.6 Å². The van der Waals surface area contributed by atoms with Gasteiger partial charge >= 0.3 is 0 Å². The number of nitrogens with zero attached hydrogens (tertiary/aromatic N) is 3. The van der Waals surface area contributed by atoms with Crippen LogP contribution in [0.1, 0.15) is 22.2 Å². The molecule has 0 saturated heterocycles. The van der Waals surface area contributed by atoms with Crippen LogP contribution in [-0.2, 0) is 6.42 Å². The molecule has 4 aromatic rings. The van der Waals surface area contributed by atoms with Crippen LogP contribution in [0.3, 0.4) is 0 Å². The second-order valence-electron chi connectivity index (χ2n) is 6.61. The second-order valence-corrected chi connectivity index (χ2v) is 7.67. The number of benzene rings is 1. The lowest BCUT2D eigenvalue weighted by atomic mass is 10.1. The first-order valence-corrected chi connectivity index (χ1v) is 9.91. The zero-order chi connectivity index (χ0) is 19.3. The van der Waals surface area contributed by atoms with E-state index in [1.54, 1.807) is 17.5 Å². The minimum absolute atomic E-state index is 0.126. The maximum Gasteiger partial charge on any atom is 0.132 e. The van der Waals surface area contributed by atoms with Gasteiger partial charge in [-0.05, 0) is 48.7 Å². The summed E-state index contributed by atoms with van der Waals surface area (Å²) in [7, 11) is 0. The Balaban J connectivity index is 1.50.